The molecule has 0 unspecified atom stereocenters. The molecular weight excluding hydrogens is 517 g/mol. The van der Waals surface area contributed by atoms with Gasteiger partial charge in [0.1, 0.15) is 16.7 Å². The van der Waals surface area contributed by atoms with Crippen LogP contribution in [0.2, 0.25) is 15.2 Å². The second-order valence-electron chi connectivity index (χ2n) is 8.03. The zero-order chi connectivity index (χ0) is 24.0. The number of piperazine rings is 1. The predicted octanol–water partition coefficient (Wildman–Crippen LogP) is 5.11. The summed E-state index contributed by atoms with van der Waals surface area (Å²) in [4.78, 5) is 6.68. The highest BCUT2D eigenvalue weighted by Crippen LogP contribution is 2.39. The van der Waals surface area contributed by atoms with Crippen molar-refractivity contribution in [2.24, 2.45) is 0 Å². The number of rotatable bonds is 4. The third-order valence-corrected chi connectivity index (χ3v) is 7.91. The molecule has 34 heavy (non-hydrogen) atoms. The molecule has 1 aliphatic rings. The number of aromatic nitrogens is 3. The van der Waals surface area contributed by atoms with Gasteiger partial charge >= 0.3 is 0 Å². The first-order chi connectivity index (χ1) is 16.2. The van der Waals surface area contributed by atoms with E-state index in [1.165, 1.54) is 10.6 Å². The SMILES string of the molecule is CS(=O)(=O)N1CCN(c2cc(Cl)nc3c(-c4ccc(Cl)cc4)c(-c4ccccc4Cl)nn23)CC1. The smallest absolute Gasteiger partial charge is 0.211 e. The predicted molar refractivity (Wildman–Crippen MR) is 138 cm³/mol. The standard InChI is InChI=1S/C23H20Cl3N5O2S/c1-34(32,33)30-12-10-29(11-13-30)20-14-19(26)27-23-21(15-6-8-16(24)9-7-15)22(28-31(20)23)17-4-2-3-5-18(17)25/h2-9,14H,10-13H2,1H3. The zero-order valence-corrected chi connectivity index (χ0v) is 21.2. The highest BCUT2D eigenvalue weighted by Gasteiger charge is 2.27. The Balaban J connectivity index is 1.71. The molecule has 176 valence electrons. The second kappa shape index (κ2) is 9.02. The Bertz CT molecular complexity index is 1480. The Morgan fingerprint density at radius 2 is 1.59 bits per heavy atom. The van der Waals surface area contributed by atoms with Gasteiger partial charge in [0.25, 0.3) is 0 Å². The second-order valence-corrected chi connectivity index (χ2v) is 11.2. The van der Waals surface area contributed by atoms with Crippen LogP contribution < -0.4 is 4.90 Å². The lowest BCUT2D eigenvalue weighted by Gasteiger charge is -2.34. The monoisotopic (exact) mass is 535 g/mol. The molecule has 1 fully saturated rings. The van der Waals surface area contributed by atoms with Crippen molar-refractivity contribution in [1.82, 2.24) is 18.9 Å². The number of fused-ring (bicyclic) bond motifs is 1. The molecule has 2 aromatic heterocycles. The molecule has 11 heteroatoms. The molecule has 1 aliphatic heterocycles. The molecule has 0 aliphatic carbocycles. The van der Waals surface area contributed by atoms with Gasteiger partial charge in [-0.15, -0.1) is 0 Å². The van der Waals surface area contributed by atoms with E-state index < -0.39 is 10.0 Å². The van der Waals surface area contributed by atoms with Crippen LogP contribution >= 0.6 is 34.8 Å². The van der Waals surface area contributed by atoms with Gasteiger partial charge < -0.3 is 4.90 Å². The van der Waals surface area contributed by atoms with E-state index in [0.29, 0.717) is 52.7 Å². The lowest BCUT2D eigenvalue weighted by Crippen LogP contribution is -2.48. The van der Waals surface area contributed by atoms with E-state index in [-0.39, 0.29) is 0 Å². The molecule has 0 saturated carbocycles. The zero-order valence-electron chi connectivity index (χ0n) is 18.1. The maximum absolute atomic E-state index is 12.0. The largest absolute Gasteiger partial charge is 0.354 e. The number of halogens is 3. The van der Waals surface area contributed by atoms with Crippen LogP contribution in [0.15, 0.2) is 54.6 Å². The first kappa shape index (κ1) is 23.4. The van der Waals surface area contributed by atoms with Gasteiger partial charge in [-0.1, -0.05) is 65.1 Å². The van der Waals surface area contributed by atoms with Crippen molar-refractivity contribution in [2.75, 3.05) is 37.3 Å². The van der Waals surface area contributed by atoms with Crippen LogP contribution in [0.4, 0.5) is 5.82 Å². The van der Waals surface area contributed by atoms with Gasteiger partial charge in [0.2, 0.25) is 10.0 Å². The van der Waals surface area contributed by atoms with Crippen molar-refractivity contribution in [2.45, 2.75) is 0 Å². The van der Waals surface area contributed by atoms with E-state index in [4.69, 9.17) is 39.9 Å². The van der Waals surface area contributed by atoms with Crippen molar-refractivity contribution in [1.29, 1.82) is 0 Å². The minimum absolute atomic E-state index is 0.314. The minimum Gasteiger partial charge on any atom is -0.354 e. The molecule has 5 rings (SSSR count). The van der Waals surface area contributed by atoms with E-state index in [2.05, 4.69) is 9.88 Å². The first-order valence-corrected chi connectivity index (χ1v) is 13.5. The van der Waals surface area contributed by atoms with Crippen molar-refractivity contribution in [3.63, 3.8) is 0 Å². The highest BCUT2D eigenvalue weighted by atomic mass is 35.5. The lowest BCUT2D eigenvalue weighted by molar-refractivity contribution is 0.386. The van der Waals surface area contributed by atoms with Crippen molar-refractivity contribution in [3.8, 4) is 22.4 Å². The summed E-state index contributed by atoms with van der Waals surface area (Å²) in [5.41, 5.74) is 3.66. The van der Waals surface area contributed by atoms with Gasteiger partial charge in [0.05, 0.1) is 16.8 Å². The topological polar surface area (TPSA) is 70.8 Å². The molecule has 2 aromatic carbocycles. The summed E-state index contributed by atoms with van der Waals surface area (Å²) in [5.74, 6) is 0.733. The number of hydrogen-bond acceptors (Lipinski definition) is 5. The van der Waals surface area contributed by atoms with Crippen molar-refractivity contribution >= 4 is 56.3 Å². The summed E-state index contributed by atoms with van der Waals surface area (Å²) in [7, 11) is -3.24. The van der Waals surface area contributed by atoms with Gasteiger partial charge in [0, 0.05) is 42.8 Å². The third kappa shape index (κ3) is 4.36. The maximum Gasteiger partial charge on any atom is 0.211 e. The fourth-order valence-corrected chi connectivity index (χ4v) is 5.53. The third-order valence-electron chi connectivity index (χ3n) is 5.83. The van der Waals surface area contributed by atoms with Crippen LogP contribution in [0.25, 0.3) is 28.0 Å². The maximum atomic E-state index is 12.0. The normalized spacial score (nSPS) is 15.2. The molecule has 0 amide bonds. The summed E-state index contributed by atoms with van der Waals surface area (Å²) in [6.45, 7) is 1.76. The van der Waals surface area contributed by atoms with Crippen LogP contribution in [-0.4, -0.2) is 59.8 Å². The molecule has 0 atom stereocenters. The number of benzene rings is 2. The summed E-state index contributed by atoms with van der Waals surface area (Å²) >= 11 is 19.2. The van der Waals surface area contributed by atoms with Crippen LogP contribution in [0.3, 0.4) is 0 Å². The Morgan fingerprint density at radius 3 is 2.24 bits per heavy atom. The van der Waals surface area contributed by atoms with Gasteiger partial charge in [0.15, 0.2) is 5.65 Å². The summed E-state index contributed by atoms with van der Waals surface area (Å²) < 4.78 is 27.1. The fourth-order valence-electron chi connectivity index (χ4n) is 4.17. The Labute approximate surface area is 212 Å². The molecule has 0 bridgehead atoms. The van der Waals surface area contributed by atoms with Gasteiger partial charge in [-0.25, -0.2) is 13.4 Å². The Morgan fingerprint density at radius 1 is 0.912 bits per heavy atom. The van der Waals surface area contributed by atoms with Crippen LogP contribution in [0.5, 0.6) is 0 Å². The Hall–Kier alpha value is -2.36. The van der Waals surface area contributed by atoms with Crippen molar-refractivity contribution in [3.05, 3.63) is 69.8 Å². The molecule has 3 heterocycles. The van der Waals surface area contributed by atoms with Gasteiger partial charge in [-0.2, -0.15) is 13.9 Å². The highest BCUT2D eigenvalue weighted by molar-refractivity contribution is 7.88. The number of hydrogen-bond donors (Lipinski definition) is 0. The van der Waals surface area contributed by atoms with E-state index in [0.717, 1.165) is 22.5 Å². The summed E-state index contributed by atoms with van der Waals surface area (Å²) in [5, 5.41) is 6.43. The van der Waals surface area contributed by atoms with Crippen LogP contribution in [-0.2, 0) is 10.0 Å². The Kier molecular flexibility index (Phi) is 6.20. The number of anilines is 1. The number of nitrogens with zero attached hydrogens (tertiary/aromatic N) is 5. The summed E-state index contributed by atoms with van der Waals surface area (Å²) in [6, 6.07) is 16.7. The molecular formula is C23H20Cl3N5O2S. The van der Waals surface area contributed by atoms with E-state index in [1.54, 1.807) is 10.6 Å². The molecule has 4 aromatic rings. The van der Waals surface area contributed by atoms with Gasteiger partial charge in [-0.3, -0.25) is 0 Å². The van der Waals surface area contributed by atoms with E-state index in [9.17, 15) is 8.42 Å². The molecule has 7 nitrogen and oxygen atoms in total. The van der Waals surface area contributed by atoms with Crippen LogP contribution in [0, 0.1) is 0 Å². The van der Waals surface area contributed by atoms with Crippen molar-refractivity contribution < 1.29 is 8.42 Å². The average molecular weight is 537 g/mol. The minimum atomic E-state index is -3.24. The summed E-state index contributed by atoms with van der Waals surface area (Å²) in [6.07, 6.45) is 1.23. The number of sulfonamides is 1. The molecule has 0 radical (unpaired) electrons. The van der Waals surface area contributed by atoms with Gasteiger partial charge in [-0.05, 0) is 23.8 Å². The van der Waals surface area contributed by atoms with Crippen LogP contribution in [0.1, 0.15) is 0 Å². The first-order valence-electron chi connectivity index (χ1n) is 10.5. The van der Waals surface area contributed by atoms with E-state index >= 15 is 0 Å². The van der Waals surface area contributed by atoms with E-state index in [1.807, 2.05) is 48.5 Å². The molecule has 0 spiro atoms. The molecule has 1 saturated heterocycles. The quantitative estimate of drug-likeness (QED) is 0.339. The molecule has 0 N–H and O–H groups in total. The lowest BCUT2D eigenvalue weighted by atomic mass is 10.0. The fraction of sp³-hybridized carbons (Fsp3) is 0.217. The average Bonchev–Trinajstić information content (AvgIpc) is 3.18.